The summed E-state index contributed by atoms with van der Waals surface area (Å²) in [5.74, 6) is 1.56. The molecule has 2 rings (SSSR count). The van der Waals surface area contributed by atoms with Gasteiger partial charge in [0.2, 0.25) is 0 Å². The summed E-state index contributed by atoms with van der Waals surface area (Å²) < 4.78 is 11.0. The highest BCUT2D eigenvalue weighted by Gasteiger charge is 2.16. The summed E-state index contributed by atoms with van der Waals surface area (Å²) in [5.41, 5.74) is 0. The van der Waals surface area contributed by atoms with Gasteiger partial charge >= 0.3 is 0 Å². The molecule has 0 amide bonds. The van der Waals surface area contributed by atoms with Gasteiger partial charge in [0.25, 0.3) is 0 Å². The van der Waals surface area contributed by atoms with Crippen molar-refractivity contribution in [2.24, 2.45) is 11.8 Å². The maximum absolute atomic E-state index is 5.72. The monoisotopic (exact) mass is 213 g/mol. The van der Waals surface area contributed by atoms with Crippen molar-refractivity contribution in [1.82, 2.24) is 5.32 Å². The number of hydrogen-bond donors (Lipinski definition) is 1. The number of hydrogen-bond acceptors (Lipinski definition) is 3. The third-order valence-corrected chi connectivity index (χ3v) is 3.51. The number of nitrogens with one attached hydrogen (secondary N) is 1. The molecule has 0 aliphatic carbocycles. The average molecular weight is 213 g/mol. The molecule has 2 aliphatic rings. The molecule has 2 saturated heterocycles. The maximum atomic E-state index is 5.72. The summed E-state index contributed by atoms with van der Waals surface area (Å²) in [6, 6.07) is 0. The van der Waals surface area contributed by atoms with Gasteiger partial charge in [0.15, 0.2) is 0 Å². The zero-order valence-corrected chi connectivity index (χ0v) is 9.54. The molecule has 0 radical (unpaired) electrons. The summed E-state index contributed by atoms with van der Waals surface area (Å²) in [6.07, 6.45) is 5.09. The maximum Gasteiger partial charge on any atom is 0.0517 e. The van der Waals surface area contributed by atoms with Crippen LogP contribution in [0.15, 0.2) is 0 Å². The minimum atomic E-state index is 0.665. The van der Waals surface area contributed by atoms with E-state index in [2.05, 4.69) is 5.32 Å². The first kappa shape index (κ1) is 11.4. The predicted molar refractivity (Wildman–Crippen MR) is 60.0 cm³/mol. The first-order valence-corrected chi connectivity index (χ1v) is 6.31. The second kappa shape index (κ2) is 6.46. The zero-order chi connectivity index (χ0) is 10.3. The molecular formula is C12H23NO2. The molecule has 1 atom stereocenters. The van der Waals surface area contributed by atoms with Crippen molar-refractivity contribution in [3.05, 3.63) is 0 Å². The van der Waals surface area contributed by atoms with Crippen LogP contribution in [0.2, 0.25) is 0 Å². The Bertz CT molecular complexity index is 163. The topological polar surface area (TPSA) is 30.5 Å². The Morgan fingerprint density at radius 1 is 1.13 bits per heavy atom. The molecule has 0 aromatic carbocycles. The Morgan fingerprint density at radius 2 is 2.00 bits per heavy atom. The van der Waals surface area contributed by atoms with Gasteiger partial charge in [0.05, 0.1) is 13.2 Å². The second-order valence-corrected chi connectivity index (χ2v) is 4.79. The fraction of sp³-hybridized carbons (Fsp3) is 1.00. The Kier molecular flexibility index (Phi) is 4.90. The van der Waals surface area contributed by atoms with Crippen LogP contribution in [0.1, 0.15) is 25.7 Å². The Hall–Kier alpha value is -0.120. The Morgan fingerprint density at radius 3 is 2.73 bits per heavy atom. The van der Waals surface area contributed by atoms with Gasteiger partial charge in [-0.2, -0.15) is 0 Å². The molecule has 3 heteroatoms. The van der Waals surface area contributed by atoms with Gasteiger partial charge in [0, 0.05) is 19.1 Å². The van der Waals surface area contributed by atoms with Crippen LogP contribution in [0, 0.1) is 11.8 Å². The van der Waals surface area contributed by atoms with Crippen LogP contribution < -0.4 is 5.32 Å². The van der Waals surface area contributed by atoms with Crippen LogP contribution in [0.25, 0.3) is 0 Å². The lowest BCUT2D eigenvalue weighted by molar-refractivity contribution is 0.0780. The summed E-state index contributed by atoms with van der Waals surface area (Å²) >= 11 is 0. The van der Waals surface area contributed by atoms with Gasteiger partial charge in [0.1, 0.15) is 0 Å². The van der Waals surface area contributed by atoms with Crippen LogP contribution in [0.4, 0.5) is 0 Å². The summed E-state index contributed by atoms with van der Waals surface area (Å²) in [7, 11) is 0. The van der Waals surface area contributed by atoms with Crippen LogP contribution in [0.5, 0.6) is 0 Å². The van der Waals surface area contributed by atoms with Crippen molar-refractivity contribution in [3.63, 3.8) is 0 Å². The molecule has 2 aliphatic heterocycles. The lowest BCUT2D eigenvalue weighted by atomic mass is 9.95. The fourth-order valence-electron chi connectivity index (χ4n) is 2.39. The summed E-state index contributed by atoms with van der Waals surface area (Å²) in [5, 5.41) is 3.39. The number of ether oxygens (including phenoxy) is 2. The van der Waals surface area contributed by atoms with E-state index in [0.29, 0.717) is 5.92 Å². The van der Waals surface area contributed by atoms with Crippen LogP contribution >= 0.6 is 0 Å². The van der Waals surface area contributed by atoms with Gasteiger partial charge in [-0.1, -0.05) is 0 Å². The molecule has 1 unspecified atom stereocenters. The highest BCUT2D eigenvalue weighted by Crippen LogP contribution is 2.17. The van der Waals surface area contributed by atoms with E-state index in [4.69, 9.17) is 9.47 Å². The van der Waals surface area contributed by atoms with E-state index in [1.807, 2.05) is 0 Å². The summed E-state index contributed by atoms with van der Waals surface area (Å²) in [4.78, 5) is 0. The molecule has 0 aromatic rings. The quantitative estimate of drug-likeness (QED) is 0.701. The van der Waals surface area contributed by atoms with Crippen LogP contribution in [-0.2, 0) is 9.47 Å². The van der Waals surface area contributed by atoms with E-state index < -0.39 is 0 Å². The highest BCUT2D eigenvalue weighted by molar-refractivity contribution is 4.68. The van der Waals surface area contributed by atoms with Gasteiger partial charge in [-0.05, 0) is 44.7 Å². The molecule has 0 spiro atoms. The van der Waals surface area contributed by atoms with Crippen molar-refractivity contribution in [3.8, 4) is 0 Å². The molecule has 1 N–H and O–H groups in total. The molecule has 2 heterocycles. The third-order valence-electron chi connectivity index (χ3n) is 3.51. The normalized spacial score (nSPS) is 28.4. The zero-order valence-electron chi connectivity index (χ0n) is 9.54. The van der Waals surface area contributed by atoms with Crippen molar-refractivity contribution in [2.45, 2.75) is 25.7 Å². The standard InChI is InChI=1S/C12H23NO2/c1-5-13-6-2-11(1)3-7-14-9-12-4-8-15-10-12/h11-13H,1-10H2. The predicted octanol–water partition coefficient (Wildman–Crippen LogP) is 1.43. The Labute approximate surface area is 92.5 Å². The lowest BCUT2D eigenvalue weighted by Gasteiger charge is -2.22. The van der Waals surface area contributed by atoms with Gasteiger partial charge in [-0.25, -0.2) is 0 Å². The van der Waals surface area contributed by atoms with Crippen molar-refractivity contribution < 1.29 is 9.47 Å². The summed E-state index contributed by atoms with van der Waals surface area (Å²) in [6.45, 7) is 6.09. The average Bonchev–Trinajstić information content (AvgIpc) is 2.79. The van der Waals surface area contributed by atoms with Crippen molar-refractivity contribution in [1.29, 1.82) is 0 Å². The molecule has 0 bridgehead atoms. The van der Waals surface area contributed by atoms with Crippen LogP contribution in [0.3, 0.4) is 0 Å². The van der Waals surface area contributed by atoms with Crippen molar-refractivity contribution in [2.75, 3.05) is 39.5 Å². The van der Waals surface area contributed by atoms with E-state index in [0.717, 1.165) is 32.3 Å². The second-order valence-electron chi connectivity index (χ2n) is 4.79. The fourth-order valence-corrected chi connectivity index (χ4v) is 2.39. The van der Waals surface area contributed by atoms with E-state index in [9.17, 15) is 0 Å². The largest absolute Gasteiger partial charge is 0.381 e. The smallest absolute Gasteiger partial charge is 0.0517 e. The minimum absolute atomic E-state index is 0.665. The molecule has 88 valence electrons. The SMILES string of the molecule is C1CC(CCOCC2CCOC2)CCN1. The van der Waals surface area contributed by atoms with E-state index in [1.54, 1.807) is 0 Å². The van der Waals surface area contributed by atoms with Gasteiger partial charge in [-0.15, -0.1) is 0 Å². The van der Waals surface area contributed by atoms with Gasteiger partial charge < -0.3 is 14.8 Å². The van der Waals surface area contributed by atoms with Crippen LogP contribution in [-0.4, -0.2) is 39.5 Å². The van der Waals surface area contributed by atoms with Crippen molar-refractivity contribution >= 4 is 0 Å². The van der Waals surface area contributed by atoms with Gasteiger partial charge in [-0.3, -0.25) is 0 Å². The van der Waals surface area contributed by atoms with E-state index in [-0.39, 0.29) is 0 Å². The minimum Gasteiger partial charge on any atom is -0.381 e. The Balaban J connectivity index is 1.47. The first-order chi connectivity index (χ1) is 7.45. The van der Waals surface area contributed by atoms with E-state index >= 15 is 0 Å². The molecule has 15 heavy (non-hydrogen) atoms. The van der Waals surface area contributed by atoms with E-state index in [1.165, 1.54) is 38.8 Å². The molecule has 0 saturated carbocycles. The molecule has 0 aromatic heterocycles. The number of rotatable bonds is 5. The molecule has 3 nitrogen and oxygen atoms in total. The lowest BCUT2D eigenvalue weighted by Crippen LogP contribution is -2.28. The molecule has 2 fully saturated rings. The highest BCUT2D eigenvalue weighted by atomic mass is 16.5. The number of piperidine rings is 1. The third kappa shape index (κ3) is 4.09. The molecular weight excluding hydrogens is 190 g/mol. The first-order valence-electron chi connectivity index (χ1n) is 6.31.